The molecule has 8 heteroatoms. The average Bonchev–Trinajstić information content (AvgIpc) is 3.36. The standard InChI is InChI=1S/C64H96O8/c1-9-17-25-29-45-49-37-54(62(41-57(49)65)70-34-22-14-6)47(31-27-19-11-3)51-39-56(64(43-59(51)67)72-36-24-16-8)48(32-28-20-12-4)52-40-55(63(44-60(52)68)71-35-23-15-7)46(30-26-18-10-2)50-38-53(45)61(42-58(50)66)69-33-21-13-5/h37-48,65-68H,9-36H2,1-8H3. The molecule has 0 spiro atoms. The summed E-state index contributed by atoms with van der Waals surface area (Å²) >= 11 is 0. The van der Waals surface area contributed by atoms with Crippen molar-refractivity contribution in [3.05, 3.63) is 93.0 Å². The molecule has 4 unspecified atom stereocenters. The Bertz CT molecular complexity index is 1900. The maximum absolute atomic E-state index is 12.6. The zero-order valence-corrected chi connectivity index (χ0v) is 46.1. The van der Waals surface area contributed by atoms with Crippen molar-refractivity contribution in [2.75, 3.05) is 26.4 Å². The van der Waals surface area contributed by atoms with Gasteiger partial charge in [0.15, 0.2) is 0 Å². The first-order valence-corrected chi connectivity index (χ1v) is 29.1. The molecule has 8 nitrogen and oxygen atoms in total. The topological polar surface area (TPSA) is 118 Å². The molecule has 8 bridgehead atoms. The highest BCUT2D eigenvalue weighted by molar-refractivity contribution is 5.62. The summed E-state index contributed by atoms with van der Waals surface area (Å²) in [5.41, 5.74) is 6.94. The van der Waals surface area contributed by atoms with E-state index in [1.54, 1.807) is 0 Å². The van der Waals surface area contributed by atoms with Crippen molar-refractivity contribution < 1.29 is 39.4 Å². The highest BCUT2D eigenvalue weighted by Crippen LogP contribution is 2.53. The molecule has 4 N–H and O–H groups in total. The van der Waals surface area contributed by atoms with E-state index < -0.39 is 0 Å². The van der Waals surface area contributed by atoms with Crippen LogP contribution in [-0.2, 0) is 0 Å². The number of fused-ring (bicyclic) bond motifs is 8. The quantitative estimate of drug-likeness (QED) is 0.0357. The molecular formula is C64H96O8. The Balaban J connectivity index is 2.04. The van der Waals surface area contributed by atoms with Crippen molar-refractivity contribution >= 4 is 0 Å². The zero-order valence-electron chi connectivity index (χ0n) is 46.1. The minimum atomic E-state index is -0.298. The predicted octanol–water partition coefficient (Wildman–Crippen LogP) is 18.4. The van der Waals surface area contributed by atoms with Gasteiger partial charge >= 0.3 is 0 Å². The first-order valence-electron chi connectivity index (χ1n) is 29.1. The van der Waals surface area contributed by atoms with E-state index >= 15 is 0 Å². The molecule has 1 aliphatic carbocycles. The molecule has 0 amide bonds. The molecule has 4 atom stereocenters. The van der Waals surface area contributed by atoms with Gasteiger partial charge in [0, 0.05) is 92.4 Å². The Kier molecular flexibility index (Phi) is 25.1. The molecule has 4 aromatic rings. The number of hydrogen-bond donors (Lipinski definition) is 4. The molecule has 400 valence electrons. The number of rotatable bonds is 32. The summed E-state index contributed by atoms with van der Waals surface area (Å²) in [5.74, 6) is 2.01. The Morgan fingerprint density at radius 3 is 0.639 bits per heavy atom. The van der Waals surface area contributed by atoms with Gasteiger partial charge in [-0.1, -0.05) is 158 Å². The molecule has 1 aliphatic rings. The zero-order chi connectivity index (χ0) is 51.8. The van der Waals surface area contributed by atoms with E-state index in [1.807, 2.05) is 24.3 Å². The third kappa shape index (κ3) is 15.7. The van der Waals surface area contributed by atoms with Crippen LogP contribution in [0.2, 0.25) is 0 Å². The molecule has 0 aliphatic heterocycles. The second-order valence-electron chi connectivity index (χ2n) is 20.8. The maximum Gasteiger partial charge on any atom is 0.126 e. The van der Waals surface area contributed by atoms with E-state index in [1.165, 1.54) is 0 Å². The van der Waals surface area contributed by atoms with Gasteiger partial charge in [-0.25, -0.2) is 0 Å². The van der Waals surface area contributed by atoms with Crippen LogP contribution in [0.4, 0.5) is 0 Å². The van der Waals surface area contributed by atoms with Crippen LogP contribution in [0.3, 0.4) is 0 Å². The summed E-state index contributed by atoms with van der Waals surface area (Å²) in [6, 6.07) is 16.1. The van der Waals surface area contributed by atoms with E-state index in [-0.39, 0.29) is 46.7 Å². The molecule has 0 aromatic heterocycles. The van der Waals surface area contributed by atoms with Crippen LogP contribution < -0.4 is 18.9 Å². The molecule has 0 radical (unpaired) electrons. The number of ether oxygens (including phenoxy) is 4. The Hall–Kier alpha value is -4.72. The van der Waals surface area contributed by atoms with E-state index in [4.69, 9.17) is 18.9 Å². The van der Waals surface area contributed by atoms with Crippen LogP contribution in [0.25, 0.3) is 0 Å². The van der Waals surface area contributed by atoms with Gasteiger partial charge in [0.05, 0.1) is 26.4 Å². The molecule has 4 aromatic carbocycles. The number of phenolic OH excluding ortho intramolecular Hbond substituents is 4. The van der Waals surface area contributed by atoms with Gasteiger partial charge in [-0.05, 0) is 75.6 Å². The van der Waals surface area contributed by atoms with Gasteiger partial charge in [0.25, 0.3) is 0 Å². The van der Waals surface area contributed by atoms with E-state index in [0.717, 1.165) is 199 Å². The Labute approximate surface area is 436 Å². The predicted molar refractivity (Wildman–Crippen MR) is 298 cm³/mol. The Morgan fingerprint density at radius 1 is 0.264 bits per heavy atom. The molecule has 72 heavy (non-hydrogen) atoms. The van der Waals surface area contributed by atoms with Crippen molar-refractivity contribution in [1.82, 2.24) is 0 Å². The Morgan fingerprint density at radius 2 is 0.458 bits per heavy atom. The van der Waals surface area contributed by atoms with Gasteiger partial charge in [0.1, 0.15) is 46.0 Å². The molecule has 0 saturated heterocycles. The van der Waals surface area contributed by atoms with Crippen molar-refractivity contribution in [2.24, 2.45) is 0 Å². The summed E-state index contributed by atoms with van der Waals surface area (Å²) in [5, 5.41) is 50.2. The molecule has 5 rings (SSSR count). The van der Waals surface area contributed by atoms with E-state index in [2.05, 4.69) is 79.7 Å². The third-order valence-electron chi connectivity index (χ3n) is 15.0. The summed E-state index contributed by atoms with van der Waals surface area (Å²) in [4.78, 5) is 0. The minimum Gasteiger partial charge on any atom is -0.508 e. The fraction of sp³-hybridized carbons (Fsp3) is 0.625. The van der Waals surface area contributed by atoms with Crippen molar-refractivity contribution in [3.63, 3.8) is 0 Å². The van der Waals surface area contributed by atoms with Crippen LogP contribution in [-0.4, -0.2) is 46.9 Å². The van der Waals surface area contributed by atoms with E-state index in [9.17, 15) is 20.4 Å². The monoisotopic (exact) mass is 993 g/mol. The molecule has 0 heterocycles. The van der Waals surface area contributed by atoms with Gasteiger partial charge in [0.2, 0.25) is 0 Å². The third-order valence-corrected chi connectivity index (χ3v) is 15.0. The average molecular weight is 993 g/mol. The largest absolute Gasteiger partial charge is 0.508 e. The lowest BCUT2D eigenvalue weighted by Gasteiger charge is -2.31. The maximum atomic E-state index is 12.6. The number of phenols is 4. The van der Waals surface area contributed by atoms with Crippen LogP contribution in [0.15, 0.2) is 48.5 Å². The SMILES string of the molecule is CCCCCC1c2cc(c(OCCCC)cc2O)C(CCCCC)c2cc(c(OCCCC)cc2O)C(CCCCC)c2cc(c(OCCCC)cc2O)C(CCCCC)c2cc1c(OCCCC)cc2O. The molecule has 0 fully saturated rings. The smallest absolute Gasteiger partial charge is 0.126 e. The second kappa shape index (κ2) is 31.1. The van der Waals surface area contributed by atoms with Gasteiger partial charge in [-0.15, -0.1) is 0 Å². The van der Waals surface area contributed by atoms with Gasteiger partial charge in [-0.3, -0.25) is 0 Å². The van der Waals surface area contributed by atoms with Crippen LogP contribution in [0.1, 0.15) is 278 Å². The number of aromatic hydroxyl groups is 4. The normalized spacial score (nSPS) is 16.4. The van der Waals surface area contributed by atoms with Crippen molar-refractivity contribution in [1.29, 1.82) is 0 Å². The molecular weight excluding hydrogens is 897 g/mol. The van der Waals surface area contributed by atoms with Crippen LogP contribution >= 0.6 is 0 Å². The highest BCUT2D eigenvalue weighted by Gasteiger charge is 2.34. The summed E-state index contributed by atoms with van der Waals surface area (Å²) in [7, 11) is 0. The summed E-state index contributed by atoms with van der Waals surface area (Å²) in [6.07, 6.45) is 22.3. The second-order valence-corrected chi connectivity index (χ2v) is 20.8. The summed E-state index contributed by atoms with van der Waals surface area (Å²) < 4.78 is 26.9. The summed E-state index contributed by atoms with van der Waals surface area (Å²) in [6.45, 7) is 19.5. The fourth-order valence-corrected chi connectivity index (χ4v) is 10.7. The minimum absolute atomic E-state index is 0.171. The highest BCUT2D eigenvalue weighted by atomic mass is 16.5. The van der Waals surface area contributed by atoms with Crippen LogP contribution in [0, 0.1) is 0 Å². The number of hydrogen-bond acceptors (Lipinski definition) is 8. The van der Waals surface area contributed by atoms with Gasteiger partial charge in [-0.2, -0.15) is 0 Å². The van der Waals surface area contributed by atoms with Crippen molar-refractivity contribution in [2.45, 2.75) is 233 Å². The van der Waals surface area contributed by atoms with E-state index in [0.29, 0.717) is 49.4 Å². The lowest BCUT2D eigenvalue weighted by Crippen LogP contribution is -2.14. The lowest BCUT2D eigenvalue weighted by atomic mass is 9.76. The first-order chi connectivity index (χ1) is 35.1. The van der Waals surface area contributed by atoms with Gasteiger partial charge < -0.3 is 39.4 Å². The number of benzene rings is 4. The lowest BCUT2D eigenvalue weighted by molar-refractivity contribution is 0.299. The molecule has 0 saturated carbocycles. The van der Waals surface area contributed by atoms with Crippen molar-refractivity contribution in [3.8, 4) is 46.0 Å². The fourth-order valence-electron chi connectivity index (χ4n) is 10.7. The number of unbranched alkanes of at least 4 members (excludes halogenated alkanes) is 12. The van der Waals surface area contributed by atoms with Crippen LogP contribution in [0.5, 0.6) is 46.0 Å². The first kappa shape index (κ1) is 58.2.